The Hall–Kier alpha value is -2.37. The van der Waals surface area contributed by atoms with Crippen LogP contribution in [0.2, 0.25) is 0 Å². The molecule has 0 spiro atoms. The molecule has 2 amide bonds. The van der Waals surface area contributed by atoms with Gasteiger partial charge in [-0.2, -0.15) is 0 Å². The van der Waals surface area contributed by atoms with Crippen molar-refractivity contribution in [3.05, 3.63) is 41.2 Å². The number of rotatable bonds is 6. The van der Waals surface area contributed by atoms with Gasteiger partial charge in [0.05, 0.1) is 11.4 Å². The Bertz CT molecular complexity index is 654. The maximum absolute atomic E-state index is 12.0. The third kappa shape index (κ3) is 4.55. The van der Waals surface area contributed by atoms with Crippen LogP contribution < -0.4 is 10.6 Å². The van der Waals surface area contributed by atoms with Crippen LogP contribution in [0, 0.1) is 20.8 Å². The number of aromatic nitrogens is 3. The number of nitrogens with one attached hydrogen (secondary N) is 2. The summed E-state index contributed by atoms with van der Waals surface area (Å²) >= 11 is 0. The first-order valence-corrected chi connectivity index (χ1v) is 8.01. The molecule has 0 aromatic carbocycles. The van der Waals surface area contributed by atoms with Gasteiger partial charge in [0.15, 0.2) is 0 Å². The van der Waals surface area contributed by atoms with E-state index in [1.54, 1.807) is 0 Å². The fourth-order valence-electron chi connectivity index (χ4n) is 2.68. The summed E-state index contributed by atoms with van der Waals surface area (Å²) in [6, 6.07) is 1.77. The molecule has 0 aliphatic heterocycles. The quantitative estimate of drug-likeness (QED) is 0.805. The van der Waals surface area contributed by atoms with Gasteiger partial charge in [0, 0.05) is 37.6 Å². The largest absolute Gasteiger partial charge is 0.338 e. The molecule has 0 aliphatic rings. The van der Waals surface area contributed by atoms with Crippen LogP contribution in [0.1, 0.15) is 36.1 Å². The molecule has 0 saturated heterocycles. The van der Waals surface area contributed by atoms with Gasteiger partial charge in [0.1, 0.15) is 5.82 Å². The number of urea groups is 1. The highest BCUT2D eigenvalue weighted by molar-refractivity contribution is 5.90. The molecule has 2 heterocycles. The van der Waals surface area contributed by atoms with E-state index < -0.39 is 0 Å². The maximum atomic E-state index is 12.0. The van der Waals surface area contributed by atoms with Crippen LogP contribution in [0.3, 0.4) is 0 Å². The van der Waals surface area contributed by atoms with Crippen molar-refractivity contribution in [1.29, 1.82) is 0 Å². The van der Waals surface area contributed by atoms with Crippen LogP contribution in [0.25, 0.3) is 0 Å². The van der Waals surface area contributed by atoms with Crippen molar-refractivity contribution >= 4 is 11.7 Å². The van der Waals surface area contributed by atoms with E-state index in [0.717, 1.165) is 47.8 Å². The molecule has 0 bridgehead atoms. The summed E-state index contributed by atoms with van der Waals surface area (Å²) in [6.07, 6.45) is 5.57. The zero-order valence-corrected chi connectivity index (χ0v) is 14.3. The highest BCUT2D eigenvalue weighted by Gasteiger charge is 2.08. The lowest BCUT2D eigenvalue weighted by atomic mass is 10.1. The molecule has 0 unspecified atom stereocenters. The van der Waals surface area contributed by atoms with Gasteiger partial charge in [-0.05, 0) is 38.8 Å². The Balaban J connectivity index is 1.80. The molecule has 0 radical (unpaired) electrons. The molecule has 2 aromatic heterocycles. The van der Waals surface area contributed by atoms with Crippen molar-refractivity contribution < 1.29 is 4.79 Å². The number of hydrogen-bond acceptors (Lipinski definition) is 3. The van der Waals surface area contributed by atoms with Crippen LogP contribution in [-0.4, -0.2) is 27.1 Å². The van der Waals surface area contributed by atoms with E-state index in [1.165, 1.54) is 0 Å². The molecule has 6 nitrogen and oxygen atoms in total. The number of carbonyl (C=O) groups is 1. The summed E-state index contributed by atoms with van der Waals surface area (Å²) in [6.45, 7) is 9.39. The lowest BCUT2D eigenvalue weighted by Gasteiger charge is -2.13. The molecule has 0 saturated carbocycles. The monoisotopic (exact) mass is 315 g/mol. The summed E-state index contributed by atoms with van der Waals surface area (Å²) in [7, 11) is 0. The second kappa shape index (κ2) is 7.76. The van der Waals surface area contributed by atoms with E-state index in [2.05, 4.69) is 32.1 Å². The fourth-order valence-corrected chi connectivity index (χ4v) is 2.68. The van der Waals surface area contributed by atoms with E-state index in [-0.39, 0.29) is 6.03 Å². The van der Waals surface area contributed by atoms with Crippen molar-refractivity contribution in [2.75, 3.05) is 11.9 Å². The SMILES string of the molecule is CCc1nccn1CCCNC(=O)Nc1c(C)cc(C)nc1C. The van der Waals surface area contributed by atoms with E-state index >= 15 is 0 Å². The minimum atomic E-state index is -0.191. The van der Waals surface area contributed by atoms with Crippen LogP contribution in [0.15, 0.2) is 18.5 Å². The smallest absolute Gasteiger partial charge is 0.319 e. The van der Waals surface area contributed by atoms with Gasteiger partial charge in [-0.3, -0.25) is 4.98 Å². The summed E-state index contributed by atoms with van der Waals surface area (Å²) in [5.74, 6) is 1.08. The van der Waals surface area contributed by atoms with Gasteiger partial charge in [0.25, 0.3) is 0 Å². The predicted octanol–water partition coefficient (Wildman–Crippen LogP) is 2.98. The highest BCUT2D eigenvalue weighted by Crippen LogP contribution is 2.18. The van der Waals surface area contributed by atoms with E-state index in [9.17, 15) is 4.79 Å². The summed E-state index contributed by atoms with van der Waals surface area (Å²) in [5.41, 5.74) is 3.61. The van der Waals surface area contributed by atoms with Crippen molar-refractivity contribution in [3.63, 3.8) is 0 Å². The molecular weight excluding hydrogens is 290 g/mol. The predicted molar refractivity (Wildman–Crippen MR) is 91.7 cm³/mol. The number of pyridine rings is 1. The maximum Gasteiger partial charge on any atom is 0.319 e. The Morgan fingerprint density at radius 3 is 2.78 bits per heavy atom. The van der Waals surface area contributed by atoms with Gasteiger partial charge in [0.2, 0.25) is 0 Å². The van der Waals surface area contributed by atoms with Crippen molar-refractivity contribution in [2.24, 2.45) is 0 Å². The Morgan fingerprint density at radius 2 is 2.09 bits per heavy atom. The minimum Gasteiger partial charge on any atom is -0.338 e. The molecule has 0 fully saturated rings. The van der Waals surface area contributed by atoms with Crippen LogP contribution >= 0.6 is 0 Å². The second-order valence-corrected chi connectivity index (χ2v) is 5.67. The average Bonchev–Trinajstić information content (AvgIpc) is 2.95. The zero-order valence-electron chi connectivity index (χ0n) is 14.3. The minimum absolute atomic E-state index is 0.191. The average molecular weight is 315 g/mol. The summed E-state index contributed by atoms with van der Waals surface area (Å²) in [4.78, 5) is 20.7. The first kappa shape index (κ1) is 17.0. The number of carbonyl (C=O) groups excluding carboxylic acids is 1. The number of nitrogens with zero attached hydrogens (tertiary/aromatic N) is 3. The zero-order chi connectivity index (χ0) is 16.8. The summed E-state index contributed by atoms with van der Waals surface area (Å²) in [5, 5.41) is 5.78. The first-order valence-electron chi connectivity index (χ1n) is 8.01. The standard InChI is InChI=1S/C17H25N5O/c1-5-15-18-8-10-22(15)9-6-7-19-17(23)21-16-12(2)11-13(3)20-14(16)4/h8,10-11H,5-7,9H2,1-4H3,(H2,19,21,23). The van der Waals surface area contributed by atoms with Gasteiger partial charge in [-0.15, -0.1) is 0 Å². The number of aryl methyl sites for hydroxylation is 5. The highest BCUT2D eigenvalue weighted by atomic mass is 16.2. The van der Waals surface area contributed by atoms with Crippen LogP contribution in [-0.2, 0) is 13.0 Å². The van der Waals surface area contributed by atoms with Crippen molar-refractivity contribution in [3.8, 4) is 0 Å². The lowest BCUT2D eigenvalue weighted by molar-refractivity contribution is 0.251. The van der Waals surface area contributed by atoms with Crippen molar-refractivity contribution in [1.82, 2.24) is 19.9 Å². The molecule has 2 rings (SSSR count). The normalized spacial score (nSPS) is 10.6. The van der Waals surface area contributed by atoms with E-state index in [0.29, 0.717) is 6.54 Å². The molecular formula is C17H25N5O. The molecule has 0 atom stereocenters. The van der Waals surface area contributed by atoms with Crippen LogP contribution in [0.4, 0.5) is 10.5 Å². The third-order valence-electron chi connectivity index (χ3n) is 3.74. The molecule has 2 N–H and O–H groups in total. The second-order valence-electron chi connectivity index (χ2n) is 5.67. The third-order valence-corrected chi connectivity index (χ3v) is 3.74. The van der Waals surface area contributed by atoms with E-state index in [1.807, 2.05) is 39.2 Å². The van der Waals surface area contributed by atoms with Gasteiger partial charge in [-0.25, -0.2) is 9.78 Å². The Labute approximate surface area is 137 Å². The Kier molecular flexibility index (Phi) is 5.73. The number of hydrogen-bond donors (Lipinski definition) is 2. The molecule has 6 heteroatoms. The van der Waals surface area contributed by atoms with Gasteiger partial charge in [-0.1, -0.05) is 6.92 Å². The van der Waals surface area contributed by atoms with Crippen LogP contribution in [0.5, 0.6) is 0 Å². The first-order chi connectivity index (χ1) is 11.0. The topological polar surface area (TPSA) is 71.8 Å². The van der Waals surface area contributed by atoms with Gasteiger partial charge >= 0.3 is 6.03 Å². The molecule has 0 aliphatic carbocycles. The lowest BCUT2D eigenvalue weighted by Crippen LogP contribution is -2.30. The summed E-state index contributed by atoms with van der Waals surface area (Å²) < 4.78 is 2.12. The number of anilines is 1. The molecule has 23 heavy (non-hydrogen) atoms. The van der Waals surface area contributed by atoms with E-state index in [4.69, 9.17) is 0 Å². The van der Waals surface area contributed by atoms with Crippen molar-refractivity contribution in [2.45, 2.75) is 47.1 Å². The molecule has 124 valence electrons. The van der Waals surface area contributed by atoms with Gasteiger partial charge < -0.3 is 15.2 Å². The Morgan fingerprint density at radius 1 is 1.30 bits per heavy atom. The molecule has 2 aromatic rings. The number of amides is 2. The fraction of sp³-hybridized carbons (Fsp3) is 0.471. The number of imidazole rings is 1.